The maximum atomic E-state index is 12.1. The molecule has 5 heteroatoms. The van der Waals surface area contributed by atoms with Crippen molar-refractivity contribution in [1.82, 2.24) is 0 Å². The van der Waals surface area contributed by atoms with Gasteiger partial charge in [-0.3, -0.25) is 0 Å². The molecule has 0 aliphatic carbocycles. The normalized spacial score (nSPS) is 21.2. The van der Waals surface area contributed by atoms with Gasteiger partial charge in [0.25, 0.3) is 0 Å². The van der Waals surface area contributed by atoms with Crippen LogP contribution in [0.5, 0.6) is 0 Å². The van der Waals surface area contributed by atoms with E-state index in [4.69, 9.17) is 0 Å². The summed E-state index contributed by atoms with van der Waals surface area (Å²) >= 11 is 0. The van der Waals surface area contributed by atoms with Gasteiger partial charge in [0.2, 0.25) is 11.8 Å². The van der Waals surface area contributed by atoms with Gasteiger partial charge in [0.15, 0.2) is 0 Å². The lowest BCUT2D eigenvalue weighted by molar-refractivity contribution is 0.632. The number of fused-ring (bicyclic) bond motifs is 1. The largest absolute Gasteiger partial charge is 0.217 e. The number of rotatable bonds is 0. The molecule has 4 nitrogen and oxygen atoms in total. The van der Waals surface area contributed by atoms with Crippen molar-refractivity contribution in [1.29, 1.82) is 0 Å². The number of hydrogen-bond donors (Lipinski definition) is 0. The monoisotopic (exact) mass is 124 g/mol. The maximum Gasteiger partial charge on any atom is 0.217 e. The number of hydrogen-bond acceptors (Lipinski definition) is 4. The fourth-order valence-corrected chi connectivity index (χ4v) is 0.628. The van der Waals surface area contributed by atoms with Crippen molar-refractivity contribution in [3.63, 3.8) is 0 Å². The molecule has 2 rings (SSSR count). The molecule has 0 aromatic rings. The van der Waals surface area contributed by atoms with Crippen molar-refractivity contribution in [2.75, 3.05) is 0 Å². The van der Waals surface area contributed by atoms with Crippen molar-refractivity contribution in [2.45, 2.75) is 0 Å². The van der Waals surface area contributed by atoms with Crippen LogP contribution in [0.2, 0.25) is 0 Å². The molecule has 44 valence electrons. The number of nitrogens with zero attached hydrogens (tertiary/aromatic N) is 4. The highest BCUT2D eigenvalue weighted by Crippen LogP contribution is 2.14. The van der Waals surface area contributed by atoms with Crippen LogP contribution < -0.4 is 0 Å². The fraction of sp³-hybridized carbons (Fsp3) is 0. The zero-order chi connectivity index (χ0) is 6.27. The van der Waals surface area contributed by atoms with Gasteiger partial charge in [-0.05, 0) is 5.22 Å². The minimum absolute atomic E-state index is 0.271. The number of amidine groups is 1. The van der Waals surface area contributed by atoms with Gasteiger partial charge < -0.3 is 0 Å². The summed E-state index contributed by atoms with van der Waals surface area (Å²) in [7, 11) is 0. The second-order valence-corrected chi connectivity index (χ2v) is 1.58. The van der Waals surface area contributed by atoms with E-state index in [0.29, 0.717) is 5.71 Å². The third-order valence-corrected chi connectivity index (χ3v) is 0.990. The topological polar surface area (TPSA) is 49.4 Å². The Kier molecular flexibility index (Phi) is 0.652. The molecule has 0 aromatic carbocycles. The smallest absolute Gasteiger partial charge is 0.196 e. The Balaban J connectivity index is 2.53. The molecule has 9 heavy (non-hydrogen) atoms. The Morgan fingerprint density at radius 3 is 3.11 bits per heavy atom. The highest BCUT2D eigenvalue weighted by Gasteiger charge is 2.18. The minimum Gasteiger partial charge on any atom is -0.196 e. The predicted molar refractivity (Wildman–Crippen MR) is 28.9 cm³/mol. The zero-order valence-corrected chi connectivity index (χ0v) is 4.24. The van der Waals surface area contributed by atoms with E-state index in [1.54, 1.807) is 0 Å². The van der Waals surface area contributed by atoms with Gasteiger partial charge in [-0.1, -0.05) is 0 Å². The minimum atomic E-state index is -0.553. The summed E-state index contributed by atoms with van der Waals surface area (Å²) < 4.78 is 12.1. The molecule has 0 N–H and O–H groups in total. The summed E-state index contributed by atoms with van der Waals surface area (Å²) in [5.41, 5.74) is 0.410. The second-order valence-electron chi connectivity index (χ2n) is 1.58. The van der Waals surface area contributed by atoms with Crippen LogP contribution in [0.3, 0.4) is 0 Å². The molecule has 0 saturated heterocycles. The Bertz CT molecular complexity index is 272. The second kappa shape index (κ2) is 1.31. The summed E-state index contributed by atoms with van der Waals surface area (Å²) in [6, 6.07) is 0. The predicted octanol–water partition coefficient (Wildman–Crippen LogP) is 1.03. The first kappa shape index (κ1) is 4.49. The van der Waals surface area contributed by atoms with E-state index in [2.05, 4.69) is 20.4 Å². The van der Waals surface area contributed by atoms with E-state index in [-0.39, 0.29) is 5.84 Å². The van der Waals surface area contributed by atoms with Gasteiger partial charge in [-0.2, -0.15) is 9.38 Å². The third-order valence-electron chi connectivity index (χ3n) is 0.990. The molecule has 0 aromatic heterocycles. The SMILES string of the molecule is FC1=CC2=NN=NC2=N1. The van der Waals surface area contributed by atoms with Crippen molar-refractivity contribution in [3.05, 3.63) is 12.0 Å². The van der Waals surface area contributed by atoms with Gasteiger partial charge in [0.1, 0.15) is 5.71 Å². The van der Waals surface area contributed by atoms with Crippen LogP contribution in [-0.4, -0.2) is 11.5 Å². The van der Waals surface area contributed by atoms with Gasteiger partial charge in [-0.15, -0.1) is 10.2 Å². The van der Waals surface area contributed by atoms with E-state index in [1.807, 2.05) is 0 Å². The van der Waals surface area contributed by atoms with Crippen molar-refractivity contribution >= 4 is 11.5 Å². The van der Waals surface area contributed by atoms with E-state index in [9.17, 15) is 4.39 Å². The molecule has 0 radical (unpaired) electrons. The molecule has 0 saturated carbocycles. The Morgan fingerprint density at radius 1 is 1.44 bits per heavy atom. The lowest BCUT2D eigenvalue weighted by Crippen LogP contribution is -1.98. The van der Waals surface area contributed by atoms with Crippen LogP contribution in [-0.2, 0) is 0 Å². The average molecular weight is 124 g/mol. The van der Waals surface area contributed by atoms with Gasteiger partial charge >= 0.3 is 0 Å². The van der Waals surface area contributed by atoms with Gasteiger partial charge in [-0.25, -0.2) is 0 Å². The van der Waals surface area contributed by atoms with Crippen molar-refractivity contribution < 1.29 is 4.39 Å². The summed E-state index contributed by atoms with van der Waals surface area (Å²) in [5, 5.41) is 10.2. The fourth-order valence-electron chi connectivity index (χ4n) is 0.628. The number of aliphatic imine (C=N–C) groups is 1. The first-order valence-corrected chi connectivity index (χ1v) is 2.31. The van der Waals surface area contributed by atoms with Crippen LogP contribution in [0.15, 0.2) is 32.5 Å². The quantitative estimate of drug-likeness (QED) is 0.433. The Hall–Kier alpha value is -1.39. The Morgan fingerprint density at radius 2 is 2.33 bits per heavy atom. The molecular formula is C4HFN4. The van der Waals surface area contributed by atoms with Crippen LogP contribution in [0.4, 0.5) is 4.39 Å². The highest BCUT2D eigenvalue weighted by atomic mass is 19.1. The van der Waals surface area contributed by atoms with Crippen LogP contribution in [0, 0.1) is 0 Å². The molecule has 0 bridgehead atoms. The standard InChI is InChI=1S/C4HFN4/c5-3-1-2-4(6-3)8-9-7-2/h1H. The summed E-state index contributed by atoms with van der Waals surface area (Å²) in [6.45, 7) is 0. The lowest BCUT2D eigenvalue weighted by Gasteiger charge is -1.74. The van der Waals surface area contributed by atoms with Crippen LogP contribution in [0.25, 0.3) is 0 Å². The van der Waals surface area contributed by atoms with Gasteiger partial charge in [0.05, 0.1) is 0 Å². The van der Waals surface area contributed by atoms with Crippen molar-refractivity contribution in [2.24, 2.45) is 20.4 Å². The molecule has 0 spiro atoms. The molecule has 0 unspecified atom stereocenters. The summed E-state index contributed by atoms with van der Waals surface area (Å²) in [5.74, 6) is -0.282. The molecule has 0 amide bonds. The summed E-state index contributed by atoms with van der Waals surface area (Å²) in [4.78, 5) is 3.37. The first-order valence-electron chi connectivity index (χ1n) is 2.31. The lowest BCUT2D eigenvalue weighted by atomic mass is 10.4. The van der Waals surface area contributed by atoms with Crippen molar-refractivity contribution in [3.8, 4) is 0 Å². The van der Waals surface area contributed by atoms with Gasteiger partial charge in [0, 0.05) is 6.08 Å². The molecular weight excluding hydrogens is 123 g/mol. The van der Waals surface area contributed by atoms with E-state index in [0.717, 1.165) is 0 Å². The molecule has 2 aliphatic rings. The Labute approximate surface area is 49.5 Å². The van der Waals surface area contributed by atoms with E-state index >= 15 is 0 Å². The molecule has 2 heterocycles. The molecule has 2 aliphatic heterocycles. The maximum absolute atomic E-state index is 12.1. The third kappa shape index (κ3) is 0.509. The van der Waals surface area contributed by atoms with E-state index < -0.39 is 5.95 Å². The first-order chi connectivity index (χ1) is 4.36. The highest BCUT2D eigenvalue weighted by molar-refractivity contribution is 6.48. The summed E-state index contributed by atoms with van der Waals surface area (Å²) in [6.07, 6.45) is 1.19. The van der Waals surface area contributed by atoms with E-state index in [1.165, 1.54) is 6.08 Å². The van der Waals surface area contributed by atoms with Crippen LogP contribution in [0.1, 0.15) is 0 Å². The average Bonchev–Trinajstić information content (AvgIpc) is 2.22. The zero-order valence-electron chi connectivity index (χ0n) is 4.24. The molecule has 0 fully saturated rings. The molecule has 0 atom stereocenters. The van der Waals surface area contributed by atoms with Crippen LogP contribution >= 0.6 is 0 Å². The number of halogens is 1.